The van der Waals surface area contributed by atoms with E-state index in [0.717, 1.165) is 6.42 Å². The topological polar surface area (TPSA) is 15.8 Å². The van der Waals surface area contributed by atoms with Crippen molar-refractivity contribution in [2.45, 2.75) is 106 Å². The van der Waals surface area contributed by atoms with Gasteiger partial charge < -0.3 is 4.98 Å². The first-order chi connectivity index (χ1) is 25.3. The highest BCUT2D eigenvalue weighted by molar-refractivity contribution is 5.84. The van der Waals surface area contributed by atoms with Gasteiger partial charge in [0.05, 0.1) is 0 Å². The molecule has 6 aromatic carbocycles. The average molecular weight is 716 g/mol. The summed E-state index contributed by atoms with van der Waals surface area (Å²) in [5.41, 5.74) is 10.5. The zero-order valence-electron chi connectivity index (χ0n) is 35.2. The Morgan fingerprint density at radius 2 is 0.833 bits per heavy atom. The maximum atomic E-state index is 3.31. The number of rotatable bonds is 2. The number of para-hydroxylation sites is 1. The molecule has 0 aliphatic heterocycles. The van der Waals surface area contributed by atoms with Gasteiger partial charge in [-0.05, 0) is 78.3 Å². The Balaban J connectivity index is 0.000000162. The van der Waals surface area contributed by atoms with E-state index in [9.17, 15) is 0 Å². The zero-order chi connectivity index (χ0) is 39.6. The SMILES string of the molecule is CC(C)(C)Cc1c[nH]c2ccccc12.CC(C)(C)c1ccc(-c2ccccc2)cc1.CC(C)(C)c1ccc2ccccc2c1.CC(C)(C)c1ccccc1. The van der Waals surface area contributed by atoms with E-state index < -0.39 is 0 Å². The Kier molecular flexibility index (Phi) is 13.9. The fraction of sp³-hybridized carbons (Fsp3) is 0.321. The van der Waals surface area contributed by atoms with Crippen molar-refractivity contribution in [2.24, 2.45) is 5.41 Å². The van der Waals surface area contributed by atoms with Crippen molar-refractivity contribution in [3.05, 3.63) is 180 Å². The molecule has 0 unspecified atom stereocenters. The molecule has 1 heteroatoms. The Bertz CT molecular complexity index is 2140. The van der Waals surface area contributed by atoms with Crippen LogP contribution in [0.5, 0.6) is 0 Å². The lowest BCUT2D eigenvalue weighted by molar-refractivity contribution is 0.412. The van der Waals surface area contributed by atoms with Gasteiger partial charge in [0.15, 0.2) is 0 Å². The third kappa shape index (κ3) is 12.9. The van der Waals surface area contributed by atoms with Gasteiger partial charge in [-0.15, -0.1) is 0 Å². The van der Waals surface area contributed by atoms with Crippen molar-refractivity contribution in [3.63, 3.8) is 0 Å². The summed E-state index contributed by atoms with van der Waals surface area (Å²) in [6, 6.07) is 53.6. The molecule has 7 rings (SSSR count). The van der Waals surface area contributed by atoms with Gasteiger partial charge in [0.25, 0.3) is 0 Å². The molecule has 0 aliphatic rings. The summed E-state index contributed by atoms with van der Waals surface area (Å²) in [5, 5.41) is 4.02. The van der Waals surface area contributed by atoms with Crippen LogP contribution in [0.25, 0.3) is 32.8 Å². The largest absolute Gasteiger partial charge is 0.361 e. The van der Waals surface area contributed by atoms with E-state index in [2.05, 4.69) is 240 Å². The molecular weight excluding hydrogens is 651 g/mol. The van der Waals surface area contributed by atoms with Crippen LogP contribution in [0.15, 0.2) is 158 Å². The first-order valence-corrected chi connectivity index (χ1v) is 19.6. The molecule has 0 fully saturated rings. The van der Waals surface area contributed by atoms with E-state index in [1.165, 1.54) is 55.1 Å². The lowest BCUT2D eigenvalue weighted by Crippen LogP contribution is -2.10. The number of H-pyrrole nitrogens is 1. The first kappa shape index (κ1) is 41.9. The number of hydrogen-bond donors (Lipinski definition) is 1. The number of aromatic amines is 1. The molecule has 0 bridgehead atoms. The summed E-state index contributed by atoms with van der Waals surface area (Å²) in [6.07, 6.45) is 3.26. The first-order valence-electron chi connectivity index (χ1n) is 19.6. The van der Waals surface area contributed by atoms with Crippen molar-refractivity contribution >= 4 is 21.7 Å². The zero-order valence-corrected chi connectivity index (χ0v) is 35.2. The summed E-state index contributed by atoms with van der Waals surface area (Å²) in [6.45, 7) is 27.0. The van der Waals surface area contributed by atoms with Gasteiger partial charge in [-0.3, -0.25) is 0 Å². The molecule has 0 spiro atoms. The number of aromatic nitrogens is 1. The van der Waals surface area contributed by atoms with Crippen molar-refractivity contribution in [1.29, 1.82) is 0 Å². The highest BCUT2D eigenvalue weighted by Gasteiger charge is 2.15. The van der Waals surface area contributed by atoms with E-state index >= 15 is 0 Å². The molecular formula is C53H65N. The lowest BCUT2D eigenvalue weighted by Gasteiger charge is -2.19. The summed E-state index contributed by atoms with van der Waals surface area (Å²) in [5.74, 6) is 0. The fourth-order valence-electron chi connectivity index (χ4n) is 6.24. The van der Waals surface area contributed by atoms with Crippen LogP contribution in [0.2, 0.25) is 0 Å². The van der Waals surface area contributed by atoms with Crippen LogP contribution in [0, 0.1) is 5.41 Å². The average Bonchev–Trinajstić information content (AvgIpc) is 3.53. The highest BCUT2D eigenvalue weighted by Crippen LogP contribution is 2.28. The van der Waals surface area contributed by atoms with Crippen LogP contribution in [0.3, 0.4) is 0 Å². The minimum atomic E-state index is 0.231. The second kappa shape index (κ2) is 18.0. The maximum Gasteiger partial charge on any atom is 0.0456 e. The molecule has 0 atom stereocenters. The van der Waals surface area contributed by atoms with Gasteiger partial charge in [0.1, 0.15) is 0 Å². The van der Waals surface area contributed by atoms with E-state index in [1.54, 1.807) is 0 Å². The Labute approximate surface area is 327 Å². The van der Waals surface area contributed by atoms with Crippen molar-refractivity contribution in [2.75, 3.05) is 0 Å². The predicted octanol–water partition coefficient (Wildman–Crippen LogP) is 15.5. The monoisotopic (exact) mass is 716 g/mol. The highest BCUT2D eigenvalue weighted by atomic mass is 14.7. The molecule has 0 amide bonds. The second-order valence-corrected chi connectivity index (χ2v) is 18.7. The summed E-state index contributed by atoms with van der Waals surface area (Å²) in [4.78, 5) is 3.31. The number of hydrogen-bond acceptors (Lipinski definition) is 0. The van der Waals surface area contributed by atoms with Crippen molar-refractivity contribution in [1.82, 2.24) is 4.98 Å². The standard InChI is InChI=1S/C16H18.C14H16.C13H17N.C10H14/c1-16(2,3)15-11-9-14(10-12-15)13-7-5-4-6-8-13;1-14(2,3)13-9-8-11-6-4-5-7-12(11)10-13;1-13(2,3)8-10-9-14-12-7-5-4-6-11(10)12;1-10(2,3)9-7-5-4-6-8-9/h4-12H,1-3H3;4-10H,1-3H3;4-7,9,14H,8H2,1-3H3;4-8H,1-3H3. The van der Waals surface area contributed by atoms with Crippen LogP contribution >= 0.6 is 0 Å². The predicted molar refractivity (Wildman–Crippen MR) is 240 cm³/mol. The van der Waals surface area contributed by atoms with E-state index in [1.807, 2.05) is 6.07 Å². The van der Waals surface area contributed by atoms with Gasteiger partial charge >= 0.3 is 0 Å². The summed E-state index contributed by atoms with van der Waals surface area (Å²) < 4.78 is 0. The van der Waals surface area contributed by atoms with Crippen LogP contribution in [-0.4, -0.2) is 4.98 Å². The fourth-order valence-corrected chi connectivity index (χ4v) is 6.24. The van der Waals surface area contributed by atoms with E-state index in [-0.39, 0.29) is 10.8 Å². The molecule has 0 saturated heterocycles. The van der Waals surface area contributed by atoms with Gasteiger partial charge in [-0.1, -0.05) is 229 Å². The van der Waals surface area contributed by atoms with Crippen LogP contribution in [0.1, 0.15) is 105 Å². The van der Waals surface area contributed by atoms with Crippen LogP contribution in [0.4, 0.5) is 0 Å². The van der Waals surface area contributed by atoms with Crippen molar-refractivity contribution < 1.29 is 0 Å². The van der Waals surface area contributed by atoms with E-state index in [0.29, 0.717) is 10.8 Å². The molecule has 54 heavy (non-hydrogen) atoms. The molecule has 1 nitrogen and oxygen atoms in total. The van der Waals surface area contributed by atoms with Gasteiger partial charge in [-0.2, -0.15) is 0 Å². The van der Waals surface area contributed by atoms with Gasteiger partial charge in [0.2, 0.25) is 0 Å². The van der Waals surface area contributed by atoms with Crippen LogP contribution < -0.4 is 0 Å². The summed E-state index contributed by atoms with van der Waals surface area (Å²) in [7, 11) is 0. The van der Waals surface area contributed by atoms with E-state index in [4.69, 9.17) is 0 Å². The number of nitrogens with one attached hydrogen (secondary N) is 1. The maximum absolute atomic E-state index is 3.31. The third-order valence-electron chi connectivity index (χ3n) is 9.51. The van der Waals surface area contributed by atoms with Gasteiger partial charge in [0, 0.05) is 17.1 Å². The summed E-state index contributed by atoms with van der Waals surface area (Å²) >= 11 is 0. The van der Waals surface area contributed by atoms with Crippen LogP contribution in [-0.2, 0) is 22.7 Å². The molecule has 0 saturated carbocycles. The Hall–Kier alpha value is -4.88. The Morgan fingerprint density at radius 1 is 0.389 bits per heavy atom. The molecule has 1 N–H and O–H groups in total. The molecule has 7 aromatic rings. The molecule has 1 heterocycles. The lowest BCUT2D eigenvalue weighted by atomic mass is 9.86. The molecule has 282 valence electrons. The minimum absolute atomic E-state index is 0.231. The number of fused-ring (bicyclic) bond motifs is 2. The molecule has 0 aliphatic carbocycles. The smallest absolute Gasteiger partial charge is 0.0456 e. The normalized spacial score (nSPS) is 11.8. The van der Waals surface area contributed by atoms with Crippen molar-refractivity contribution in [3.8, 4) is 11.1 Å². The van der Waals surface area contributed by atoms with Gasteiger partial charge in [-0.25, -0.2) is 0 Å². The Morgan fingerprint density at radius 3 is 1.37 bits per heavy atom. The second-order valence-electron chi connectivity index (χ2n) is 18.7. The third-order valence-corrected chi connectivity index (χ3v) is 9.51. The minimum Gasteiger partial charge on any atom is -0.361 e. The molecule has 1 aromatic heterocycles. The quantitative estimate of drug-likeness (QED) is 0.183. The number of benzene rings is 6. The molecule has 0 radical (unpaired) electrons.